The van der Waals surface area contributed by atoms with Crippen molar-refractivity contribution < 1.29 is 19.1 Å². The maximum atomic E-state index is 11.6. The number of benzene rings is 1. The first-order chi connectivity index (χ1) is 10.5. The quantitative estimate of drug-likeness (QED) is 0.764. The van der Waals surface area contributed by atoms with Crippen molar-refractivity contribution in [1.29, 1.82) is 0 Å². The number of carbonyl (C=O) groups excluding carboxylic acids is 2. The average Bonchev–Trinajstić information content (AvgIpc) is 2.48. The maximum absolute atomic E-state index is 11.6. The number of ether oxygens (including phenoxy) is 2. The number of halogens is 2. The molecule has 122 valence electrons. The number of rotatable bonds is 6. The number of hydrogen-bond acceptors (Lipinski definition) is 4. The van der Waals surface area contributed by atoms with Gasteiger partial charge in [0.05, 0.1) is 11.8 Å². The monoisotopic (exact) mass is 348 g/mol. The molecule has 1 rings (SSSR count). The molecule has 22 heavy (non-hydrogen) atoms. The van der Waals surface area contributed by atoms with Crippen molar-refractivity contribution in [3.63, 3.8) is 0 Å². The van der Waals surface area contributed by atoms with Gasteiger partial charge in [0, 0.05) is 11.4 Å². The van der Waals surface area contributed by atoms with Crippen LogP contribution in [0.25, 0.3) is 0 Å². The molecule has 0 aliphatic rings. The molecule has 0 heterocycles. The highest BCUT2D eigenvalue weighted by Gasteiger charge is 2.11. The number of alkyl halides is 2. The molecule has 0 fully saturated rings. The van der Waals surface area contributed by atoms with E-state index in [1.54, 1.807) is 12.1 Å². The molecule has 2 N–H and O–H groups in total. The number of carbonyl (C=O) groups is 2. The standard InChI is InChI=1S/C14H18Cl2N2O4/c1-9-7-11(17-13(19)21-5-3-15)8-12(10(9)2)18-14(20)22-6-4-16/h7-8H,3-6H2,1-2H3,(H,17,19)(H,18,20). The summed E-state index contributed by atoms with van der Waals surface area (Å²) in [5.74, 6) is 0.443. The fourth-order valence-corrected chi connectivity index (χ4v) is 1.78. The first-order valence-corrected chi connectivity index (χ1v) is 7.65. The highest BCUT2D eigenvalue weighted by molar-refractivity contribution is 6.18. The lowest BCUT2D eigenvalue weighted by Gasteiger charge is -2.14. The molecule has 1 aromatic carbocycles. The summed E-state index contributed by atoms with van der Waals surface area (Å²) in [5, 5.41) is 5.18. The molecule has 0 radical (unpaired) electrons. The molecule has 0 saturated carbocycles. The van der Waals surface area contributed by atoms with Gasteiger partial charge in [-0.3, -0.25) is 10.6 Å². The largest absolute Gasteiger partial charge is 0.448 e. The van der Waals surface area contributed by atoms with E-state index in [2.05, 4.69) is 10.6 Å². The molecule has 0 atom stereocenters. The second kappa shape index (κ2) is 9.38. The van der Waals surface area contributed by atoms with Gasteiger partial charge in [0.15, 0.2) is 0 Å². The summed E-state index contributed by atoms with van der Waals surface area (Å²) in [4.78, 5) is 23.1. The van der Waals surface area contributed by atoms with Crippen LogP contribution in [0.5, 0.6) is 0 Å². The molecule has 0 aliphatic heterocycles. The van der Waals surface area contributed by atoms with Crippen LogP contribution in [0.1, 0.15) is 11.1 Å². The third-order valence-corrected chi connectivity index (χ3v) is 3.08. The first-order valence-electron chi connectivity index (χ1n) is 6.58. The van der Waals surface area contributed by atoms with Gasteiger partial charge in [-0.2, -0.15) is 0 Å². The Morgan fingerprint density at radius 2 is 1.55 bits per heavy atom. The van der Waals surface area contributed by atoms with Crippen LogP contribution in [-0.4, -0.2) is 37.2 Å². The van der Waals surface area contributed by atoms with Crippen LogP contribution < -0.4 is 10.6 Å². The fourth-order valence-electron chi connectivity index (χ4n) is 1.62. The predicted molar refractivity (Wildman–Crippen MR) is 87.3 cm³/mol. The molecule has 0 unspecified atom stereocenters. The van der Waals surface area contributed by atoms with Crippen LogP contribution in [0, 0.1) is 13.8 Å². The van der Waals surface area contributed by atoms with Gasteiger partial charge in [0.1, 0.15) is 13.2 Å². The Hall–Kier alpha value is -1.66. The second-order valence-electron chi connectivity index (χ2n) is 4.37. The Labute approximate surface area is 139 Å². The summed E-state index contributed by atoms with van der Waals surface area (Å²) >= 11 is 10.9. The molecule has 8 heteroatoms. The Morgan fingerprint density at radius 1 is 1.00 bits per heavy atom. The van der Waals surface area contributed by atoms with Crippen molar-refractivity contribution in [2.45, 2.75) is 13.8 Å². The molecule has 6 nitrogen and oxygen atoms in total. The zero-order valence-corrected chi connectivity index (χ0v) is 13.9. The van der Waals surface area contributed by atoms with E-state index in [-0.39, 0.29) is 25.0 Å². The highest BCUT2D eigenvalue weighted by atomic mass is 35.5. The van der Waals surface area contributed by atoms with Crippen molar-refractivity contribution in [2.24, 2.45) is 0 Å². The van der Waals surface area contributed by atoms with E-state index in [1.807, 2.05) is 13.8 Å². The molecule has 0 aromatic heterocycles. The highest BCUT2D eigenvalue weighted by Crippen LogP contribution is 2.24. The normalized spacial score (nSPS) is 10.0. The predicted octanol–water partition coefficient (Wildman–Crippen LogP) is 3.88. The lowest BCUT2D eigenvalue weighted by Crippen LogP contribution is -2.17. The Kier molecular flexibility index (Phi) is 7.84. The topological polar surface area (TPSA) is 76.7 Å². The summed E-state index contributed by atoms with van der Waals surface area (Å²) in [7, 11) is 0. The van der Waals surface area contributed by atoms with Gasteiger partial charge in [-0.1, -0.05) is 0 Å². The first kappa shape index (κ1) is 18.4. The molecular weight excluding hydrogens is 331 g/mol. The zero-order chi connectivity index (χ0) is 16.5. The number of amides is 2. The molecule has 1 aromatic rings. The van der Waals surface area contributed by atoms with Gasteiger partial charge >= 0.3 is 12.2 Å². The van der Waals surface area contributed by atoms with Gasteiger partial charge in [-0.15, -0.1) is 23.2 Å². The Morgan fingerprint density at radius 3 is 2.09 bits per heavy atom. The van der Waals surface area contributed by atoms with Crippen molar-refractivity contribution >= 4 is 46.8 Å². The van der Waals surface area contributed by atoms with Gasteiger partial charge in [-0.05, 0) is 37.1 Å². The molecule has 0 aliphatic carbocycles. The van der Waals surface area contributed by atoms with Crippen molar-refractivity contribution in [1.82, 2.24) is 0 Å². The van der Waals surface area contributed by atoms with E-state index in [0.29, 0.717) is 11.4 Å². The van der Waals surface area contributed by atoms with Crippen LogP contribution in [0.2, 0.25) is 0 Å². The van der Waals surface area contributed by atoms with E-state index in [0.717, 1.165) is 11.1 Å². The molecular formula is C14H18Cl2N2O4. The number of nitrogens with one attached hydrogen (secondary N) is 2. The smallest absolute Gasteiger partial charge is 0.411 e. The zero-order valence-electron chi connectivity index (χ0n) is 12.4. The van der Waals surface area contributed by atoms with E-state index < -0.39 is 12.2 Å². The van der Waals surface area contributed by atoms with E-state index >= 15 is 0 Å². The second-order valence-corrected chi connectivity index (χ2v) is 5.12. The molecule has 0 bridgehead atoms. The average molecular weight is 349 g/mol. The Balaban J connectivity index is 2.80. The summed E-state index contributed by atoms with van der Waals surface area (Å²) < 4.78 is 9.69. The minimum atomic E-state index is -0.612. The number of anilines is 2. The van der Waals surface area contributed by atoms with Gasteiger partial charge in [0.2, 0.25) is 0 Å². The van der Waals surface area contributed by atoms with E-state index in [1.165, 1.54) is 0 Å². The van der Waals surface area contributed by atoms with Crippen molar-refractivity contribution in [3.8, 4) is 0 Å². The summed E-state index contributed by atoms with van der Waals surface area (Å²) in [6.45, 7) is 3.95. The van der Waals surface area contributed by atoms with Crippen LogP contribution in [-0.2, 0) is 9.47 Å². The SMILES string of the molecule is Cc1cc(NC(=O)OCCCl)cc(NC(=O)OCCCl)c1C. The van der Waals surface area contributed by atoms with E-state index in [9.17, 15) is 9.59 Å². The third kappa shape index (κ3) is 5.99. The van der Waals surface area contributed by atoms with E-state index in [4.69, 9.17) is 32.7 Å². The molecule has 0 spiro atoms. The lowest BCUT2D eigenvalue weighted by atomic mass is 10.1. The van der Waals surface area contributed by atoms with Gasteiger partial charge in [-0.25, -0.2) is 9.59 Å². The van der Waals surface area contributed by atoms with Crippen LogP contribution in [0.3, 0.4) is 0 Å². The maximum Gasteiger partial charge on any atom is 0.411 e. The third-order valence-electron chi connectivity index (χ3n) is 2.77. The van der Waals surface area contributed by atoms with Crippen LogP contribution in [0.15, 0.2) is 12.1 Å². The summed E-state index contributed by atoms with van der Waals surface area (Å²) in [6, 6.07) is 3.39. The summed E-state index contributed by atoms with van der Waals surface area (Å²) in [6.07, 6.45) is -1.22. The number of aryl methyl sites for hydroxylation is 1. The minimum absolute atomic E-state index is 0.119. The summed E-state index contributed by atoms with van der Waals surface area (Å²) in [5.41, 5.74) is 2.79. The molecule has 2 amide bonds. The van der Waals surface area contributed by atoms with Crippen LogP contribution >= 0.6 is 23.2 Å². The van der Waals surface area contributed by atoms with Crippen molar-refractivity contribution in [2.75, 3.05) is 35.6 Å². The van der Waals surface area contributed by atoms with Crippen molar-refractivity contribution in [3.05, 3.63) is 23.3 Å². The molecule has 0 saturated heterocycles. The lowest BCUT2D eigenvalue weighted by molar-refractivity contribution is 0.168. The fraction of sp³-hybridized carbons (Fsp3) is 0.429. The van der Waals surface area contributed by atoms with Gasteiger partial charge in [0.25, 0.3) is 0 Å². The van der Waals surface area contributed by atoms with Crippen LogP contribution in [0.4, 0.5) is 21.0 Å². The number of hydrogen-bond donors (Lipinski definition) is 2. The van der Waals surface area contributed by atoms with Gasteiger partial charge < -0.3 is 9.47 Å². The Bertz CT molecular complexity index is 538. The minimum Gasteiger partial charge on any atom is -0.448 e.